The molecule has 2 aromatic rings. The Morgan fingerprint density at radius 2 is 2.00 bits per heavy atom. The molecule has 1 aliphatic rings. The molecule has 0 fully saturated rings. The molecule has 1 amide bonds. The minimum Gasteiger partial charge on any atom is -0.496 e. The number of methoxy groups -OCH3 is 1. The van der Waals surface area contributed by atoms with Crippen molar-refractivity contribution in [1.29, 1.82) is 0 Å². The molecular formula is C20H24N2O4S. The van der Waals surface area contributed by atoms with Crippen LogP contribution in [-0.2, 0) is 27.7 Å². The molecule has 27 heavy (non-hydrogen) atoms. The largest absolute Gasteiger partial charge is 0.496 e. The van der Waals surface area contributed by atoms with Crippen LogP contribution in [-0.4, -0.2) is 34.5 Å². The van der Waals surface area contributed by atoms with E-state index in [9.17, 15) is 13.2 Å². The number of nitrogens with zero attached hydrogens (tertiary/aromatic N) is 1. The van der Waals surface area contributed by atoms with Gasteiger partial charge in [0.25, 0.3) is 0 Å². The number of hydrogen-bond donors (Lipinski definition) is 1. The summed E-state index contributed by atoms with van der Waals surface area (Å²) in [6.45, 7) is 2.48. The average molecular weight is 388 g/mol. The number of fused-ring (bicyclic) bond motifs is 1. The number of benzene rings is 2. The zero-order valence-electron chi connectivity index (χ0n) is 15.6. The van der Waals surface area contributed by atoms with Crippen LogP contribution in [0.4, 0.5) is 5.69 Å². The second kappa shape index (κ2) is 8.10. The molecule has 1 aliphatic heterocycles. The number of carbonyl (C=O) groups excluding carboxylic acids is 1. The normalized spacial score (nSPS) is 13.9. The van der Waals surface area contributed by atoms with Crippen molar-refractivity contribution < 1.29 is 17.9 Å². The SMILES string of the molecule is COc1ccccc1CCNS(=O)(=O)c1ccc2c(c1)CCCN2C(C)=O. The van der Waals surface area contributed by atoms with Gasteiger partial charge in [-0.05, 0) is 54.7 Å². The Labute approximate surface area is 160 Å². The van der Waals surface area contributed by atoms with Crippen LogP contribution < -0.4 is 14.4 Å². The van der Waals surface area contributed by atoms with Gasteiger partial charge in [-0.2, -0.15) is 0 Å². The molecule has 0 saturated carbocycles. The molecule has 0 bridgehead atoms. The lowest BCUT2D eigenvalue weighted by Gasteiger charge is -2.28. The number of rotatable bonds is 6. The Morgan fingerprint density at radius 3 is 2.74 bits per heavy atom. The van der Waals surface area contributed by atoms with E-state index in [0.717, 1.165) is 35.4 Å². The van der Waals surface area contributed by atoms with E-state index in [0.29, 0.717) is 13.0 Å². The van der Waals surface area contributed by atoms with Crippen LogP contribution in [0.25, 0.3) is 0 Å². The molecule has 144 valence electrons. The number of hydrogen-bond acceptors (Lipinski definition) is 4. The maximum absolute atomic E-state index is 12.7. The van der Waals surface area contributed by atoms with Gasteiger partial charge in [0.1, 0.15) is 5.75 Å². The maximum atomic E-state index is 12.7. The zero-order valence-corrected chi connectivity index (χ0v) is 16.4. The number of nitrogens with one attached hydrogen (secondary N) is 1. The van der Waals surface area contributed by atoms with Crippen molar-refractivity contribution >= 4 is 21.6 Å². The molecule has 0 aromatic heterocycles. The van der Waals surface area contributed by atoms with Gasteiger partial charge in [0, 0.05) is 25.7 Å². The number of aryl methyl sites for hydroxylation is 1. The van der Waals surface area contributed by atoms with E-state index in [1.807, 2.05) is 24.3 Å². The first-order valence-electron chi connectivity index (χ1n) is 8.95. The van der Waals surface area contributed by atoms with Crippen LogP contribution in [0.3, 0.4) is 0 Å². The van der Waals surface area contributed by atoms with Crippen molar-refractivity contribution in [3.63, 3.8) is 0 Å². The van der Waals surface area contributed by atoms with E-state index >= 15 is 0 Å². The highest BCUT2D eigenvalue weighted by molar-refractivity contribution is 7.89. The third-order valence-electron chi connectivity index (χ3n) is 4.74. The molecule has 0 aliphatic carbocycles. The van der Waals surface area contributed by atoms with E-state index in [1.165, 1.54) is 6.92 Å². The molecule has 3 rings (SSSR count). The predicted octanol–water partition coefficient (Wildman–Crippen LogP) is 2.52. The van der Waals surface area contributed by atoms with Gasteiger partial charge < -0.3 is 9.64 Å². The summed E-state index contributed by atoms with van der Waals surface area (Å²) < 4.78 is 33.3. The number of para-hydroxylation sites is 1. The van der Waals surface area contributed by atoms with Crippen LogP contribution >= 0.6 is 0 Å². The van der Waals surface area contributed by atoms with Crippen molar-refractivity contribution in [2.24, 2.45) is 0 Å². The first kappa shape index (κ1) is 19.4. The molecule has 1 N–H and O–H groups in total. The van der Waals surface area contributed by atoms with Gasteiger partial charge in [0.15, 0.2) is 0 Å². The molecule has 6 nitrogen and oxygen atoms in total. The van der Waals surface area contributed by atoms with Gasteiger partial charge >= 0.3 is 0 Å². The van der Waals surface area contributed by atoms with Crippen LogP contribution in [0.5, 0.6) is 5.75 Å². The first-order valence-corrected chi connectivity index (χ1v) is 10.4. The van der Waals surface area contributed by atoms with Gasteiger partial charge in [-0.15, -0.1) is 0 Å². The summed E-state index contributed by atoms with van der Waals surface area (Å²) in [7, 11) is -2.02. The summed E-state index contributed by atoms with van der Waals surface area (Å²) in [6.07, 6.45) is 2.13. The Hall–Kier alpha value is -2.38. The topological polar surface area (TPSA) is 75.7 Å². The standard InChI is InChI=1S/C20H24N2O4S/c1-15(23)22-13-5-7-17-14-18(9-10-19(17)22)27(24,25)21-12-11-16-6-3-4-8-20(16)26-2/h3-4,6,8-10,14,21H,5,7,11-13H2,1-2H3. The zero-order chi connectivity index (χ0) is 19.4. The van der Waals surface area contributed by atoms with Crippen LogP contribution in [0.2, 0.25) is 0 Å². The number of sulfonamides is 1. The molecule has 0 saturated heterocycles. The maximum Gasteiger partial charge on any atom is 0.240 e. The number of anilines is 1. The predicted molar refractivity (Wildman–Crippen MR) is 105 cm³/mol. The quantitative estimate of drug-likeness (QED) is 0.825. The van der Waals surface area contributed by atoms with E-state index < -0.39 is 10.0 Å². The summed E-state index contributed by atoms with van der Waals surface area (Å²) in [4.78, 5) is 13.7. The molecular weight excluding hydrogens is 364 g/mol. The second-order valence-corrected chi connectivity index (χ2v) is 8.29. The smallest absolute Gasteiger partial charge is 0.240 e. The molecule has 1 heterocycles. The van der Waals surface area contributed by atoms with Crippen LogP contribution in [0.15, 0.2) is 47.4 Å². The van der Waals surface area contributed by atoms with Crippen LogP contribution in [0.1, 0.15) is 24.5 Å². The molecule has 0 radical (unpaired) electrons. The van der Waals surface area contributed by atoms with Crippen molar-refractivity contribution in [3.05, 3.63) is 53.6 Å². The summed E-state index contributed by atoms with van der Waals surface area (Å²) in [5, 5.41) is 0. The third kappa shape index (κ3) is 4.31. The molecule has 0 atom stereocenters. The van der Waals surface area contributed by atoms with Crippen molar-refractivity contribution in [2.75, 3.05) is 25.1 Å². The average Bonchev–Trinajstić information content (AvgIpc) is 2.67. The fourth-order valence-electron chi connectivity index (χ4n) is 3.38. The van der Waals surface area contributed by atoms with Gasteiger partial charge in [-0.25, -0.2) is 13.1 Å². The summed E-state index contributed by atoms with van der Waals surface area (Å²) in [5.74, 6) is 0.719. The molecule has 0 unspecified atom stereocenters. The van der Waals surface area contributed by atoms with Gasteiger partial charge in [-0.1, -0.05) is 18.2 Å². The lowest BCUT2D eigenvalue weighted by atomic mass is 10.0. The third-order valence-corrected chi connectivity index (χ3v) is 6.20. The fourth-order valence-corrected chi connectivity index (χ4v) is 4.46. The molecule has 0 spiro atoms. The lowest BCUT2D eigenvalue weighted by molar-refractivity contribution is -0.116. The van der Waals surface area contributed by atoms with Crippen LogP contribution in [0, 0.1) is 0 Å². The van der Waals surface area contributed by atoms with Gasteiger partial charge in [0.2, 0.25) is 15.9 Å². The minimum absolute atomic E-state index is 0.0264. The van der Waals surface area contributed by atoms with E-state index in [1.54, 1.807) is 30.2 Å². The lowest BCUT2D eigenvalue weighted by Crippen LogP contribution is -2.33. The highest BCUT2D eigenvalue weighted by Gasteiger charge is 2.23. The van der Waals surface area contributed by atoms with Gasteiger partial charge in [0.05, 0.1) is 12.0 Å². The molecule has 2 aromatic carbocycles. The summed E-state index contributed by atoms with van der Waals surface area (Å²) in [5.41, 5.74) is 2.65. The summed E-state index contributed by atoms with van der Waals surface area (Å²) >= 11 is 0. The monoisotopic (exact) mass is 388 g/mol. The number of amides is 1. The number of carbonyl (C=O) groups is 1. The Balaban J connectivity index is 1.73. The fraction of sp³-hybridized carbons (Fsp3) is 0.350. The van der Waals surface area contributed by atoms with Crippen molar-refractivity contribution in [2.45, 2.75) is 31.1 Å². The second-order valence-electron chi connectivity index (χ2n) is 6.52. The minimum atomic E-state index is -3.62. The Morgan fingerprint density at radius 1 is 1.22 bits per heavy atom. The van der Waals surface area contributed by atoms with E-state index in [2.05, 4.69) is 4.72 Å². The first-order chi connectivity index (χ1) is 12.9. The summed E-state index contributed by atoms with van der Waals surface area (Å²) in [6, 6.07) is 12.5. The van der Waals surface area contributed by atoms with Crippen molar-refractivity contribution in [1.82, 2.24) is 4.72 Å². The van der Waals surface area contributed by atoms with E-state index in [4.69, 9.17) is 4.74 Å². The Bertz CT molecular complexity index is 941. The number of ether oxygens (including phenoxy) is 1. The van der Waals surface area contributed by atoms with Gasteiger partial charge in [-0.3, -0.25) is 4.79 Å². The highest BCUT2D eigenvalue weighted by Crippen LogP contribution is 2.29. The van der Waals surface area contributed by atoms with E-state index in [-0.39, 0.29) is 17.3 Å². The highest BCUT2D eigenvalue weighted by atomic mass is 32.2. The Kier molecular flexibility index (Phi) is 5.82. The molecule has 7 heteroatoms. The van der Waals surface area contributed by atoms with Crippen molar-refractivity contribution in [3.8, 4) is 5.75 Å².